The van der Waals surface area contributed by atoms with Crippen LogP contribution in [0.25, 0.3) is 0 Å². The maximum absolute atomic E-state index is 13.5. The number of rotatable bonds is 4. The molecule has 1 aromatic carbocycles. The molecule has 9 heteroatoms. The Hall–Kier alpha value is -2.39. The molecule has 1 N–H and O–H groups in total. The van der Waals surface area contributed by atoms with Gasteiger partial charge in [0.25, 0.3) is 0 Å². The van der Waals surface area contributed by atoms with Crippen LogP contribution in [0.4, 0.5) is 14.5 Å². The number of anilines is 1. The minimum absolute atomic E-state index is 0.194. The van der Waals surface area contributed by atoms with Crippen LogP contribution in [0.1, 0.15) is 12.8 Å². The molecule has 3 rings (SSSR count). The summed E-state index contributed by atoms with van der Waals surface area (Å²) in [7, 11) is -3.59. The molecule has 6 nitrogen and oxygen atoms in total. The van der Waals surface area contributed by atoms with Crippen LogP contribution in [0.5, 0.6) is 0 Å². The summed E-state index contributed by atoms with van der Waals surface area (Å²) in [6, 6.07) is 10.1. The summed E-state index contributed by atoms with van der Waals surface area (Å²) in [5.74, 6) is -2.96. The molecular formula is C17H17F2N3O3S. The molecule has 26 heavy (non-hydrogen) atoms. The van der Waals surface area contributed by atoms with Gasteiger partial charge in [-0.15, -0.1) is 0 Å². The van der Waals surface area contributed by atoms with Crippen molar-refractivity contribution in [1.29, 1.82) is 0 Å². The zero-order chi connectivity index (χ0) is 18.7. The number of amides is 1. The zero-order valence-corrected chi connectivity index (χ0v) is 14.5. The standard InChI is InChI=1S/C17H17F2N3O3S/c18-15-7-6-14(16(19)21-15)20-17(23)12-8-10-22(11-9-12)26(24,25)13-4-2-1-3-5-13/h1-7,12H,8-11H2,(H,20,23). The summed E-state index contributed by atoms with van der Waals surface area (Å²) in [6.07, 6.45) is 0.627. The van der Waals surface area contributed by atoms with Crippen molar-refractivity contribution in [3.63, 3.8) is 0 Å². The number of nitrogens with zero attached hydrogens (tertiary/aromatic N) is 2. The number of hydrogen-bond acceptors (Lipinski definition) is 4. The first kappa shape index (κ1) is 18.4. The fourth-order valence-corrected chi connectivity index (χ4v) is 4.33. The van der Waals surface area contributed by atoms with Crippen LogP contribution in [0.3, 0.4) is 0 Å². The first-order valence-electron chi connectivity index (χ1n) is 8.06. The summed E-state index contributed by atoms with van der Waals surface area (Å²) in [6.45, 7) is 0.388. The SMILES string of the molecule is O=C(Nc1ccc(F)nc1F)C1CCN(S(=O)(=O)c2ccccc2)CC1. The number of pyridine rings is 1. The van der Waals surface area contributed by atoms with Crippen molar-refractivity contribution in [2.24, 2.45) is 5.92 Å². The van der Waals surface area contributed by atoms with Crippen LogP contribution in [-0.2, 0) is 14.8 Å². The molecule has 1 aliphatic heterocycles. The molecule has 2 heterocycles. The molecule has 0 spiro atoms. The van der Waals surface area contributed by atoms with Crippen LogP contribution in [0.2, 0.25) is 0 Å². The molecule has 1 aromatic heterocycles. The second-order valence-corrected chi connectivity index (χ2v) is 7.89. The molecule has 138 valence electrons. The van der Waals surface area contributed by atoms with Crippen molar-refractivity contribution in [3.05, 3.63) is 54.4 Å². The number of piperidine rings is 1. The Morgan fingerprint density at radius 1 is 1.08 bits per heavy atom. The van der Waals surface area contributed by atoms with Crippen molar-refractivity contribution < 1.29 is 22.0 Å². The number of nitrogens with one attached hydrogen (secondary N) is 1. The van der Waals surface area contributed by atoms with E-state index in [0.717, 1.165) is 12.1 Å². The quantitative estimate of drug-likeness (QED) is 0.825. The van der Waals surface area contributed by atoms with Crippen LogP contribution >= 0.6 is 0 Å². The highest BCUT2D eigenvalue weighted by Gasteiger charge is 2.32. The van der Waals surface area contributed by atoms with E-state index in [9.17, 15) is 22.0 Å². The average molecular weight is 381 g/mol. The van der Waals surface area contributed by atoms with Gasteiger partial charge in [0.05, 0.1) is 10.6 Å². The van der Waals surface area contributed by atoms with Gasteiger partial charge in [0.2, 0.25) is 27.8 Å². The van der Waals surface area contributed by atoms with E-state index < -0.39 is 33.7 Å². The third-order valence-corrected chi connectivity index (χ3v) is 6.19. The van der Waals surface area contributed by atoms with E-state index in [1.54, 1.807) is 18.2 Å². The highest BCUT2D eigenvalue weighted by molar-refractivity contribution is 7.89. The van der Waals surface area contributed by atoms with E-state index in [2.05, 4.69) is 10.3 Å². The van der Waals surface area contributed by atoms with Crippen LogP contribution in [0.15, 0.2) is 47.4 Å². The summed E-state index contributed by atoms with van der Waals surface area (Å²) in [5, 5.41) is 2.38. The lowest BCUT2D eigenvalue weighted by molar-refractivity contribution is -0.120. The van der Waals surface area contributed by atoms with Gasteiger partial charge in [-0.05, 0) is 37.1 Å². The van der Waals surface area contributed by atoms with Crippen molar-refractivity contribution in [1.82, 2.24) is 9.29 Å². The van der Waals surface area contributed by atoms with Gasteiger partial charge in [0.15, 0.2) is 0 Å². The van der Waals surface area contributed by atoms with Gasteiger partial charge in [-0.25, -0.2) is 8.42 Å². The minimum Gasteiger partial charge on any atom is -0.322 e. The molecule has 0 radical (unpaired) electrons. The Bertz CT molecular complexity index is 899. The highest BCUT2D eigenvalue weighted by Crippen LogP contribution is 2.25. The van der Waals surface area contributed by atoms with Gasteiger partial charge in [-0.2, -0.15) is 18.1 Å². The third-order valence-electron chi connectivity index (χ3n) is 4.28. The molecule has 0 aliphatic carbocycles. The number of sulfonamides is 1. The Labute approximate surface area is 149 Å². The number of halogens is 2. The Morgan fingerprint density at radius 2 is 1.73 bits per heavy atom. The van der Waals surface area contributed by atoms with Crippen LogP contribution < -0.4 is 5.32 Å². The number of carbonyl (C=O) groups excluding carboxylic acids is 1. The maximum Gasteiger partial charge on any atom is 0.243 e. The molecule has 1 amide bonds. The summed E-state index contributed by atoms with van der Waals surface area (Å²) in [5.41, 5.74) is -0.198. The lowest BCUT2D eigenvalue weighted by atomic mass is 9.97. The first-order chi connectivity index (χ1) is 12.4. The molecule has 1 saturated heterocycles. The van der Waals surface area contributed by atoms with Crippen molar-refractivity contribution in [2.45, 2.75) is 17.7 Å². The van der Waals surface area contributed by atoms with Gasteiger partial charge in [0, 0.05) is 19.0 Å². The summed E-state index contributed by atoms with van der Waals surface area (Å²) < 4.78 is 52.8. The first-order valence-corrected chi connectivity index (χ1v) is 9.50. The predicted molar refractivity (Wildman–Crippen MR) is 90.7 cm³/mol. The third kappa shape index (κ3) is 3.88. The number of aromatic nitrogens is 1. The predicted octanol–water partition coefficient (Wildman–Crippen LogP) is 2.40. The second kappa shape index (κ2) is 7.46. The van der Waals surface area contributed by atoms with Crippen molar-refractivity contribution in [2.75, 3.05) is 18.4 Å². The fourth-order valence-electron chi connectivity index (χ4n) is 2.84. The number of benzene rings is 1. The number of hydrogen-bond donors (Lipinski definition) is 1. The van der Waals surface area contributed by atoms with E-state index >= 15 is 0 Å². The van der Waals surface area contributed by atoms with E-state index in [4.69, 9.17) is 0 Å². The molecule has 1 fully saturated rings. The summed E-state index contributed by atoms with van der Waals surface area (Å²) in [4.78, 5) is 15.5. The van der Waals surface area contributed by atoms with E-state index in [-0.39, 0.29) is 23.7 Å². The zero-order valence-electron chi connectivity index (χ0n) is 13.7. The van der Waals surface area contributed by atoms with E-state index in [1.807, 2.05) is 0 Å². The van der Waals surface area contributed by atoms with Gasteiger partial charge in [0.1, 0.15) is 0 Å². The van der Waals surface area contributed by atoms with Crippen LogP contribution in [0, 0.1) is 17.8 Å². The van der Waals surface area contributed by atoms with Crippen molar-refractivity contribution >= 4 is 21.6 Å². The largest absolute Gasteiger partial charge is 0.322 e. The molecule has 0 saturated carbocycles. The average Bonchev–Trinajstić information content (AvgIpc) is 2.65. The Balaban J connectivity index is 1.62. The number of carbonyl (C=O) groups is 1. The molecule has 2 aromatic rings. The van der Waals surface area contributed by atoms with Gasteiger partial charge in [-0.1, -0.05) is 18.2 Å². The molecule has 0 atom stereocenters. The Kier molecular flexibility index (Phi) is 5.28. The molecule has 1 aliphatic rings. The summed E-state index contributed by atoms with van der Waals surface area (Å²) >= 11 is 0. The van der Waals surface area contributed by atoms with Gasteiger partial charge in [-0.3, -0.25) is 4.79 Å². The molecule has 0 unspecified atom stereocenters. The molecular weight excluding hydrogens is 364 g/mol. The lowest BCUT2D eigenvalue weighted by Gasteiger charge is -2.30. The van der Waals surface area contributed by atoms with Gasteiger partial charge < -0.3 is 5.32 Å². The molecule has 0 bridgehead atoms. The maximum atomic E-state index is 13.5. The minimum atomic E-state index is -3.59. The van der Waals surface area contributed by atoms with Crippen molar-refractivity contribution in [3.8, 4) is 0 Å². The van der Waals surface area contributed by atoms with E-state index in [1.165, 1.54) is 16.4 Å². The van der Waals surface area contributed by atoms with Crippen LogP contribution in [-0.4, -0.2) is 36.7 Å². The topological polar surface area (TPSA) is 79.4 Å². The normalized spacial score (nSPS) is 16.4. The second-order valence-electron chi connectivity index (χ2n) is 5.95. The highest BCUT2D eigenvalue weighted by atomic mass is 32.2. The monoisotopic (exact) mass is 381 g/mol. The fraction of sp³-hybridized carbons (Fsp3) is 0.294. The Morgan fingerprint density at radius 3 is 2.35 bits per heavy atom. The smallest absolute Gasteiger partial charge is 0.243 e. The van der Waals surface area contributed by atoms with E-state index in [0.29, 0.717) is 12.8 Å². The van der Waals surface area contributed by atoms with Gasteiger partial charge >= 0.3 is 0 Å². The lowest BCUT2D eigenvalue weighted by Crippen LogP contribution is -2.41.